The number of hydrogen-bond donors (Lipinski definition) is 2. The van der Waals surface area contributed by atoms with Crippen molar-refractivity contribution in [3.8, 4) is 22.5 Å². The molecule has 0 saturated heterocycles. The number of likely N-dealkylation sites (N-methyl/N-ethyl adjacent to an activating group) is 1. The Kier molecular flexibility index (Phi) is 10.5. The molecule has 0 spiro atoms. The van der Waals surface area contributed by atoms with Gasteiger partial charge in [-0.2, -0.15) is 0 Å². The maximum atomic E-state index is 13.2. The van der Waals surface area contributed by atoms with Crippen LogP contribution in [0.4, 0.5) is 5.69 Å². The van der Waals surface area contributed by atoms with Gasteiger partial charge in [0.2, 0.25) is 11.8 Å². The fourth-order valence-corrected chi connectivity index (χ4v) is 4.43. The predicted octanol–water partition coefficient (Wildman–Crippen LogP) is 1.99. The van der Waals surface area contributed by atoms with Gasteiger partial charge in [0.15, 0.2) is 0 Å². The highest BCUT2D eigenvalue weighted by Crippen LogP contribution is 2.41. The van der Waals surface area contributed by atoms with Gasteiger partial charge in [0, 0.05) is 30.5 Å². The van der Waals surface area contributed by atoms with Crippen molar-refractivity contribution in [1.29, 1.82) is 0 Å². The molecule has 2 aromatic carbocycles. The molecule has 1 aliphatic rings. The molecule has 11 nitrogen and oxygen atoms in total. The summed E-state index contributed by atoms with van der Waals surface area (Å²) in [7, 11) is 1.89. The smallest absolute Gasteiger partial charge is 0.227 e. The Morgan fingerprint density at radius 3 is 2.31 bits per heavy atom. The summed E-state index contributed by atoms with van der Waals surface area (Å²) in [5.74, 6) is -0.677. The number of para-hydroxylation sites is 1. The van der Waals surface area contributed by atoms with E-state index in [0.29, 0.717) is 58.4 Å². The third kappa shape index (κ3) is 7.48. The van der Waals surface area contributed by atoms with E-state index in [2.05, 4.69) is 15.6 Å². The highest BCUT2D eigenvalue weighted by atomic mass is 16.5. The number of primary amides is 1. The molecule has 0 atom stereocenters. The first-order valence-corrected chi connectivity index (χ1v) is 13.2. The molecule has 2 amide bonds. The van der Waals surface area contributed by atoms with E-state index in [-0.39, 0.29) is 18.7 Å². The van der Waals surface area contributed by atoms with E-state index in [9.17, 15) is 9.59 Å². The van der Waals surface area contributed by atoms with Crippen LogP contribution >= 0.6 is 0 Å². The molecule has 0 aliphatic carbocycles. The third-order valence-corrected chi connectivity index (χ3v) is 6.36. The monoisotopic (exact) mass is 536 g/mol. The number of rotatable bonds is 15. The Hall–Kier alpha value is -3.64. The Morgan fingerprint density at radius 2 is 1.56 bits per heavy atom. The standard InChI is InChI=1S/C28H36N6O5/c1-30-12-14-37-16-18-39-19-17-38-15-13-34-28-22-7-3-2-6-21(22)20-33(26(36)11-10-25(29)35)24-9-5-4-8-23(24)27(28)31-32-34/h2-9,30H,10-20H2,1H3,(H2,29,35). The number of hydrogen-bond acceptors (Lipinski definition) is 8. The van der Waals surface area contributed by atoms with Crippen LogP contribution in [0, 0.1) is 0 Å². The van der Waals surface area contributed by atoms with Gasteiger partial charge in [0.1, 0.15) is 5.69 Å². The predicted molar refractivity (Wildman–Crippen MR) is 147 cm³/mol. The summed E-state index contributed by atoms with van der Waals surface area (Å²) in [6.07, 6.45) is 0.0336. The highest BCUT2D eigenvalue weighted by Gasteiger charge is 2.28. The van der Waals surface area contributed by atoms with Crippen molar-refractivity contribution < 1.29 is 23.8 Å². The Morgan fingerprint density at radius 1 is 0.897 bits per heavy atom. The minimum absolute atomic E-state index is 0.00390. The Bertz CT molecular complexity index is 1250. The van der Waals surface area contributed by atoms with Crippen LogP contribution in [0.2, 0.25) is 0 Å². The van der Waals surface area contributed by atoms with Gasteiger partial charge < -0.3 is 30.2 Å². The summed E-state index contributed by atoms with van der Waals surface area (Å²) in [4.78, 5) is 26.3. The second-order valence-electron chi connectivity index (χ2n) is 9.07. The van der Waals surface area contributed by atoms with Crippen LogP contribution in [0.25, 0.3) is 22.5 Å². The second kappa shape index (κ2) is 14.5. The summed E-state index contributed by atoms with van der Waals surface area (Å²) in [6.45, 7) is 4.82. The zero-order valence-corrected chi connectivity index (χ0v) is 22.3. The molecule has 11 heteroatoms. The van der Waals surface area contributed by atoms with Crippen LogP contribution in [-0.4, -0.2) is 80.0 Å². The van der Waals surface area contributed by atoms with E-state index in [4.69, 9.17) is 19.9 Å². The average Bonchev–Trinajstić information content (AvgIpc) is 3.35. The van der Waals surface area contributed by atoms with Crippen molar-refractivity contribution in [1.82, 2.24) is 20.3 Å². The molecule has 2 heterocycles. The van der Waals surface area contributed by atoms with E-state index in [1.165, 1.54) is 0 Å². The lowest BCUT2D eigenvalue weighted by molar-refractivity contribution is -0.123. The van der Waals surface area contributed by atoms with E-state index in [1.807, 2.05) is 60.3 Å². The van der Waals surface area contributed by atoms with E-state index >= 15 is 0 Å². The van der Waals surface area contributed by atoms with Crippen molar-refractivity contribution in [2.75, 3.05) is 58.1 Å². The number of nitrogens with two attached hydrogens (primary N) is 1. The number of amides is 2. The fourth-order valence-electron chi connectivity index (χ4n) is 4.43. The lowest BCUT2D eigenvalue weighted by Gasteiger charge is -2.28. The number of fused-ring (bicyclic) bond motifs is 5. The van der Waals surface area contributed by atoms with Crippen LogP contribution < -0.4 is 16.0 Å². The van der Waals surface area contributed by atoms with Gasteiger partial charge in [0.05, 0.1) is 64.1 Å². The maximum absolute atomic E-state index is 13.2. The molecule has 0 fully saturated rings. The largest absolute Gasteiger partial charge is 0.378 e. The van der Waals surface area contributed by atoms with E-state index in [1.54, 1.807) is 4.90 Å². The summed E-state index contributed by atoms with van der Waals surface area (Å²) in [6, 6.07) is 15.5. The number of aromatic nitrogens is 3. The average molecular weight is 537 g/mol. The van der Waals surface area contributed by atoms with E-state index < -0.39 is 5.91 Å². The first-order chi connectivity index (χ1) is 19.1. The van der Waals surface area contributed by atoms with Crippen molar-refractivity contribution in [2.45, 2.75) is 25.9 Å². The van der Waals surface area contributed by atoms with Crippen LogP contribution in [-0.2, 0) is 36.9 Å². The van der Waals surface area contributed by atoms with Gasteiger partial charge in [-0.05, 0) is 18.7 Å². The molecule has 0 bridgehead atoms. The second-order valence-corrected chi connectivity index (χ2v) is 9.07. The minimum Gasteiger partial charge on any atom is -0.378 e. The van der Waals surface area contributed by atoms with Gasteiger partial charge in [-0.15, -0.1) is 5.10 Å². The number of carbonyl (C=O) groups is 2. The zero-order valence-electron chi connectivity index (χ0n) is 22.3. The van der Waals surface area contributed by atoms with Gasteiger partial charge in [-0.25, -0.2) is 4.68 Å². The molecule has 39 heavy (non-hydrogen) atoms. The van der Waals surface area contributed by atoms with Crippen molar-refractivity contribution in [3.05, 3.63) is 54.1 Å². The van der Waals surface area contributed by atoms with E-state index in [0.717, 1.165) is 34.6 Å². The molecule has 1 aliphatic heterocycles. The molecule has 3 N–H and O–H groups in total. The Labute approximate surface area is 228 Å². The lowest BCUT2D eigenvalue weighted by Crippen LogP contribution is -2.32. The summed E-state index contributed by atoms with van der Waals surface area (Å²) >= 11 is 0. The SMILES string of the molecule is CNCCOCCOCCOCCn1nnc2c1-c1ccccc1CN(C(=O)CCC(N)=O)c1ccccc1-2. The van der Waals surface area contributed by atoms with Gasteiger partial charge in [-0.1, -0.05) is 47.7 Å². The highest BCUT2D eigenvalue weighted by molar-refractivity contribution is 6.01. The van der Waals surface area contributed by atoms with Gasteiger partial charge in [-0.3, -0.25) is 9.59 Å². The van der Waals surface area contributed by atoms with Crippen LogP contribution in [0.1, 0.15) is 18.4 Å². The lowest BCUT2D eigenvalue weighted by atomic mass is 9.95. The van der Waals surface area contributed by atoms with Crippen molar-refractivity contribution in [3.63, 3.8) is 0 Å². The maximum Gasteiger partial charge on any atom is 0.227 e. The van der Waals surface area contributed by atoms with Crippen molar-refractivity contribution in [2.24, 2.45) is 5.73 Å². The number of anilines is 1. The van der Waals surface area contributed by atoms with Gasteiger partial charge in [0.25, 0.3) is 0 Å². The van der Waals surface area contributed by atoms with Crippen LogP contribution in [0.3, 0.4) is 0 Å². The molecular weight excluding hydrogens is 500 g/mol. The number of nitrogens with zero attached hydrogens (tertiary/aromatic N) is 4. The van der Waals surface area contributed by atoms with Gasteiger partial charge >= 0.3 is 0 Å². The molecule has 4 rings (SSSR count). The molecule has 0 radical (unpaired) electrons. The zero-order chi connectivity index (χ0) is 27.5. The summed E-state index contributed by atoms with van der Waals surface area (Å²) < 4.78 is 18.6. The topological polar surface area (TPSA) is 134 Å². The molecule has 0 saturated carbocycles. The number of ether oxygens (including phenoxy) is 3. The fraction of sp³-hybridized carbons (Fsp3) is 0.429. The molecule has 0 unspecified atom stereocenters. The third-order valence-electron chi connectivity index (χ3n) is 6.36. The number of carbonyl (C=O) groups excluding carboxylic acids is 2. The summed E-state index contributed by atoms with van der Waals surface area (Å²) in [5.41, 5.74) is 10.3. The normalized spacial score (nSPS) is 12.3. The number of nitrogens with one attached hydrogen (secondary N) is 1. The molecular formula is C28H36N6O5. The van der Waals surface area contributed by atoms with Crippen LogP contribution in [0.5, 0.6) is 0 Å². The Balaban J connectivity index is 1.47. The quantitative estimate of drug-likeness (QED) is 0.282. The molecule has 208 valence electrons. The minimum atomic E-state index is -0.503. The molecule has 1 aromatic heterocycles. The molecule has 3 aromatic rings. The first-order valence-electron chi connectivity index (χ1n) is 13.2. The van der Waals surface area contributed by atoms with Crippen molar-refractivity contribution >= 4 is 17.5 Å². The number of benzene rings is 2. The first kappa shape index (κ1) is 28.4. The van der Waals surface area contributed by atoms with Crippen LogP contribution in [0.15, 0.2) is 48.5 Å². The summed E-state index contributed by atoms with van der Waals surface area (Å²) in [5, 5.41) is 12.0.